The SMILES string of the molecule is Cc1nnc2ccc(N3CCN(CCn4cnc5cc(F)ccc54)CC3)nn12. The summed E-state index contributed by atoms with van der Waals surface area (Å²) in [7, 11) is 0. The molecule has 4 aromatic rings. The van der Waals surface area contributed by atoms with Crippen LogP contribution in [-0.2, 0) is 6.54 Å². The van der Waals surface area contributed by atoms with E-state index in [0.717, 1.165) is 62.1 Å². The van der Waals surface area contributed by atoms with Crippen molar-refractivity contribution in [2.45, 2.75) is 13.5 Å². The van der Waals surface area contributed by atoms with Gasteiger partial charge in [-0.1, -0.05) is 0 Å². The van der Waals surface area contributed by atoms with E-state index in [1.165, 1.54) is 12.1 Å². The highest BCUT2D eigenvalue weighted by molar-refractivity contribution is 5.75. The number of piperazine rings is 1. The number of hydrogen-bond acceptors (Lipinski definition) is 6. The van der Waals surface area contributed by atoms with Gasteiger partial charge in [0.2, 0.25) is 0 Å². The Balaban J connectivity index is 1.21. The molecule has 0 aliphatic carbocycles. The molecule has 0 atom stereocenters. The fourth-order valence-electron chi connectivity index (χ4n) is 3.72. The van der Waals surface area contributed by atoms with E-state index in [0.29, 0.717) is 5.52 Å². The zero-order valence-corrected chi connectivity index (χ0v) is 15.7. The quantitative estimate of drug-likeness (QED) is 0.537. The summed E-state index contributed by atoms with van der Waals surface area (Å²) in [5.74, 6) is 1.50. The van der Waals surface area contributed by atoms with Gasteiger partial charge in [-0.25, -0.2) is 9.37 Å². The molecule has 144 valence electrons. The molecule has 0 N–H and O–H groups in total. The number of nitrogens with zero attached hydrogens (tertiary/aromatic N) is 8. The zero-order chi connectivity index (χ0) is 19.1. The van der Waals surface area contributed by atoms with E-state index in [-0.39, 0.29) is 5.82 Å². The summed E-state index contributed by atoms with van der Waals surface area (Å²) < 4.78 is 17.2. The third-order valence-corrected chi connectivity index (χ3v) is 5.34. The third-order valence-electron chi connectivity index (χ3n) is 5.34. The maximum absolute atomic E-state index is 13.3. The monoisotopic (exact) mass is 380 g/mol. The molecule has 1 fully saturated rings. The number of aromatic nitrogens is 6. The van der Waals surface area contributed by atoms with Crippen LogP contribution in [0.4, 0.5) is 10.2 Å². The summed E-state index contributed by atoms with van der Waals surface area (Å²) in [6.45, 7) is 7.48. The van der Waals surface area contributed by atoms with Gasteiger partial charge in [0.25, 0.3) is 0 Å². The van der Waals surface area contributed by atoms with Crippen LogP contribution < -0.4 is 4.90 Å². The van der Waals surface area contributed by atoms with Crippen molar-refractivity contribution < 1.29 is 4.39 Å². The number of anilines is 1. The van der Waals surface area contributed by atoms with Gasteiger partial charge in [-0.05, 0) is 31.2 Å². The lowest BCUT2D eigenvalue weighted by atomic mass is 10.3. The first-order chi connectivity index (χ1) is 13.7. The van der Waals surface area contributed by atoms with Gasteiger partial charge in [0.1, 0.15) is 11.6 Å². The lowest BCUT2D eigenvalue weighted by molar-refractivity contribution is 0.248. The number of fused-ring (bicyclic) bond motifs is 2. The van der Waals surface area contributed by atoms with Gasteiger partial charge in [0.05, 0.1) is 17.4 Å². The van der Waals surface area contributed by atoms with Crippen LogP contribution in [0, 0.1) is 12.7 Å². The molecular weight excluding hydrogens is 359 g/mol. The van der Waals surface area contributed by atoms with Crippen LogP contribution in [0.5, 0.6) is 0 Å². The second-order valence-electron chi connectivity index (χ2n) is 7.11. The highest BCUT2D eigenvalue weighted by atomic mass is 19.1. The predicted molar refractivity (Wildman–Crippen MR) is 104 cm³/mol. The normalized spacial score (nSPS) is 15.7. The zero-order valence-electron chi connectivity index (χ0n) is 15.7. The molecule has 0 unspecified atom stereocenters. The van der Waals surface area contributed by atoms with Crippen LogP contribution in [0.3, 0.4) is 0 Å². The molecule has 1 aromatic carbocycles. The highest BCUT2D eigenvalue weighted by Gasteiger charge is 2.19. The number of benzene rings is 1. The summed E-state index contributed by atoms with van der Waals surface area (Å²) in [5, 5.41) is 12.8. The maximum Gasteiger partial charge on any atom is 0.178 e. The minimum atomic E-state index is -0.248. The van der Waals surface area contributed by atoms with Crippen LogP contribution in [0.15, 0.2) is 36.7 Å². The minimum Gasteiger partial charge on any atom is -0.353 e. The van der Waals surface area contributed by atoms with E-state index in [4.69, 9.17) is 0 Å². The molecule has 0 radical (unpaired) electrons. The van der Waals surface area contributed by atoms with Crippen LogP contribution in [0.1, 0.15) is 5.82 Å². The molecule has 1 aliphatic rings. The Morgan fingerprint density at radius 1 is 1.00 bits per heavy atom. The molecule has 0 bridgehead atoms. The van der Waals surface area contributed by atoms with Crippen LogP contribution >= 0.6 is 0 Å². The first-order valence-electron chi connectivity index (χ1n) is 9.44. The molecule has 1 saturated heterocycles. The third kappa shape index (κ3) is 3.07. The molecule has 0 spiro atoms. The topological polar surface area (TPSA) is 67.4 Å². The molecule has 1 aliphatic heterocycles. The number of aryl methyl sites for hydroxylation is 1. The second kappa shape index (κ2) is 6.83. The van der Waals surface area contributed by atoms with Crippen LogP contribution in [-0.4, -0.2) is 67.0 Å². The van der Waals surface area contributed by atoms with Gasteiger partial charge in [0, 0.05) is 45.3 Å². The highest BCUT2D eigenvalue weighted by Crippen LogP contribution is 2.16. The average molecular weight is 380 g/mol. The van der Waals surface area contributed by atoms with E-state index >= 15 is 0 Å². The Kier molecular flexibility index (Phi) is 4.16. The fraction of sp³-hybridized carbons (Fsp3) is 0.368. The molecule has 4 heterocycles. The Morgan fingerprint density at radius 3 is 2.71 bits per heavy atom. The van der Waals surface area contributed by atoms with E-state index < -0.39 is 0 Å². The first-order valence-corrected chi connectivity index (χ1v) is 9.44. The molecule has 9 heteroatoms. The number of rotatable bonds is 4. The smallest absolute Gasteiger partial charge is 0.178 e. The minimum absolute atomic E-state index is 0.248. The summed E-state index contributed by atoms with van der Waals surface area (Å²) in [6, 6.07) is 8.73. The van der Waals surface area contributed by atoms with Crippen molar-refractivity contribution in [3.8, 4) is 0 Å². The maximum atomic E-state index is 13.3. The van der Waals surface area contributed by atoms with Crippen LogP contribution in [0.25, 0.3) is 16.7 Å². The van der Waals surface area contributed by atoms with Crippen LogP contribution in [0.2, 0.25) is 0 Å². The summed E-state index contributed by atoms with van der Waals surface area (Å²) in [4.78, 5) is 9.03. The molecule has 28 heavy (non-hydrogen) atoms. The largest absolute Gasteiger partial charge is 0.353 e. The first kappa shape index (κ1) is 17.1. The van der Waals surface area contributed by atoms with E-state index in [1.807, 2.05) is 19.1 Å². The molecule has 0 amide bonds. The Bertz CT molecular complexity index is 1130. The van der Waals surface area contributed by atoms with Gasteiger partial charge in [-0.15, -0.1) is 15.3 Å². The Hall–Kier alpha value is -3.07. The Labute approximate surface area is 161 Å². The van der Waals surface area contributed by atoms with Crippen molar-refractivity contribution in [2.24, 2.45) is 0 Å². The standard InChI is InChI=1S/C19H21FN8/c1-14-22-23-18-4-5-19(24-28(14)18)26-9-6-25(7-10-26)8-11-27-13-21-16-12-15(20)2-3-17(16)27/h2-5,12-13H,6-11H2,1H3. The Morgan fingerprint density at radius 2 is 1.86 bits per heavy atom. The molecule has 3 aromatic heterocycles. The predicted octanol–water partition coefficient (Wildman–Crippen LogP) is 1.74. The van der Waals surface area contributed by atoms with Crippen molar-refractivity contribution in [2.75, 3.05) is 37.6 Å². The van der Waals surface area contributed by atoms with Gasteiger partial charge in [0.15, 0.2) is 11.5 Å². The summed E-state index contributed by atoms with van der Waals surface area (Å²) in [5.41, 5.74) is 2.45. The number of imidazole rings is 1. The number of hydrogen-bond donors (Lipinski definition) is 0. The van der Waals surface area contributed by atoms with Crippen molar-refractivity contribution in [1.82, 2.24) is 34.3 Å². The van der Waals surface area contributed by atoms with E-state index in [1.54, 1.807) is 16.9 Å². The number of halogens is 1. The fourth-order valence-corrected chi connectivity index (χ4v) is 3.72. The van der Waals surface area contributed by atoms with Crippen molar-refractivity contribution in [3.05, 3.63) is 48.3 Å². The lowest BCUT2D eigenvalue weighted by Gasteiger charge is -2.35. The molecule has 5 rings (SSSR count). The van der Waals surface area contributed by atoms with Crippen molar-refractivity contribution in [3.63, 3.8) is 0 Å². The molecule has 8 nitrogen and oxygen atoms in total. The van der Waals surface area contributed by atoms with E-state index in [9.17, 15) is 4.39 Å². The van der Waals surface area contributed by atoms with E-state index in [2.05, 4.69) is 34.6 Å². The van der Waals surface area contributed by atoms with Crippen molar-refractivity contribution >= 4 is 22.5 Å². The van der Waals surface area contributed by atoms with Gasteiger partial charge < -0.3 is 9.47 Å². The van der Waals surface area contributed by atoms with Gasteiger partial charge in [-0.2, -0.15) is 4.52 Å². The van der Waals surface area contributed by atoms with Crippen molar-refractivity contribution in [1.29, 1.82) is 0 Å². The summed E-state index contributed by atoms with van der Waals surface area (Å²) >= 11 is 0. The van der Waals surface area contributed by atoms with Gasteiger partial charge in [-0.3, -0.25) is 4.90 Å². The lowest BCUT2D eigenvalue weighted by Crippen LogP contribution is -2.47. The summed E-state index contributed by atoms with van der Waals surface area (Å²) in [6.07, 6.45) is 1.79. The van der Waals surface area contributed by atoms with Gasteiger partial charge >= 0.3 is 0 Å². The molecule has 0 saturated carbocycles. The molecular formula is C19H21FN8. The average Bonchev–Trinajstić information content (AvgIpc) is 3.29. The second-order valence-corrected chi connectivity index (χ2v) is 7.11.